The predicted octanol–water partition coefficient (Wildman–Crippen LogP) is 3.35. The van der Waals surface area contributed by atoms with Crippen molar-refractivity contribution in [3.05, 3.63) is 72.6 Å². The van der Waals surface area contributed by atoms with Crippen LogP contribution in [0.3, 0.4) is 0 Å². The third kappa shape index (κ3) is 6.66. The molecule has 30 heavy (non-hydrogen) atoms. The number of benzene rings is 2. The highest BCUT2D eigenvalue weighted by Gasteiger charge is 2.08. The lowest BCUT2D eigenvalue weighted by Gasteiger charge is -2.08. The minimum atomic E-state index is -0.155. The Kier molecular flexibility index (Phi) is 7.91. The molecular formula is C22H24N4O3S. The Bertz CT molecular complexity index is 958. The van der Waals surface area contributed by atoms with Crippen LogP contribution in [-0.4, -0.2) is 40.3 Å². The number of ether oxygens (including phenoxy) is 1. The van der Waals surface area contributed by atoms with Gasteiger partial charge in [-0.1, -0.05) is 30.0 Å². The van der Waals surface area contributed by atoms with Crippen LogP contribution in [0.25, 0.3) is 0 Å². The van der Waals surface area contributed by atoms with Crippen LogP contribution in [-0.2, 0) is 11.8 Å². The molecule has 0 unspecified atom stereocenters. The standard InChI is InChI=1S/C22H24N4O3S/c1-26-14-13-24-22(26)30-16-20(27)25-18-10-8-17(9-11-18)21(28)23-12-5-15-29-19-6-3-2-4-7-19/h2-4,6-11,13-14H,5,12,15-16H2,1H3,(H,23,28)(H,25,27). The van der Waals surface area contributed by atoms with Gasteiger partial charge in [0.15, 0.2) is 5.16 Å². The molecule has 2 N–H and O–H groups in total. The van der Waals surface area contributed by atoms with Crippen LogP contribution in [0.15, 0.2) is 72.1 Å². The van der Waals surface area contributed by atoms with Gasteiger partial charge in [0, 0.05) is 37.2 Å². The number of imidazole rings is 1. The molecule has 8 heteroatoms. The molecule has 3 rings (SSSR count). The van der Waals surface area contributed by atoms with Gasteiger partial charge in [-0.3, -0.25) is 9.59 Å². The monoisotopic (exact) mass is 424 g/mol. The Labute approximate surface area is 179 Å². The molecule has 2 amide bonds. The number of thioether (sulfide) groups is 1. The summed E-state index contributed by atoms with van der Waals surface area (Å²) in [6, 6.07) is 16.4. The summed E-state index contributed by atoms with van der Waals surface area (Å²) in [4.78, 5) is 28.5. The van der Waals surface area contributed by atoms with E-state index in [9.17, 15) is 9.59 Å². The number of aryl methyl sites for hydroxylation is 1. The molecule has 0 aliphatic carbocycles. The summed E-state index contributed by atoms with van der Waals surface area (Å²) >= 11 is 1.37. The second-order valence-corrected chi connectivity index (χ2v) is 7.45. The molecule has 0 aliphatic heterocycles. The first-order chi connectivity index (χ1) is 14.6. The van der Waals surface area contributed by atoms with Crippen molar-refractivity contribution >= 4 is 29.3 Å². The molecule has 0 aliphatic rings. The maximum absolute atomic E-state index is 12.2. The minimum Gasteiger partial charge on any atom is -0.494 e. The van der Waals surface area contributed by atoms with Gasteiger partial charge in [0.05, 0.1) is 12.4 Å². The minimum absolute atomic E-state index is 0.126. The number of rotatable bonds is 10. The van der Waals surface area contributed by atoms with Gasteiger partial charge in [-0.25, -0.2) is 4.98 Å². The highest BCUT2D eigenvalue weighted by molar-refractivity contribution is 7.99. The molecule has 0 saturated heterocycles. The third-order valence-electron chi connectivity index (χ3n) is 4.16. The zero-order chi connectivity index (χ0) is 21.2. The zero-order valence-corrected chi connectivity index (χ0v) is 17.5. The largest absolute Gasteiger partial charge is 0.494 e. The Morgan fingerprint density at radius 1 is 1.10 bits per heavy atom. The smallest absolute Gasteiger partial charge is 0.251 e. The van der Waals surface area contributed by atoms with Gasteiger partial charge >= 0.3 is 0 Å². The predicted molar refractivity (Wildman–Crippen MR) is 118 cm³/mol. The molecule has 0 spiro atoms. The topological polar surface area (TPSA) is 85.2 Å². The number of hydrogen-bond acceptors (Lipinski definition) is 5. The fraction of sp³-hybridized carbons (Fsp3) is 0.227. The Morgan fingerprint density at radius 2 is 1.87 bits per heavy atom. The van der Waals surface area contributed by atoms with Crippen LogP contribution >= 0.6 is 11.8 Å². The van der Waals surface area contributed by atoms with E-state index in [1.807, 2.05) is 48.1 Å². The van der Waals surface area contributed by atoms with Crippen LogP contribution in [0.1, 0.15) is 16.8 Å². The summed E-state index contributed by atoms with van der Waals surface area (Å²) in [5, 5.41) is 6.47. The number of carbonyl (C=O) groups is 2. The number of anilines is 1. The molecular weight excluding hydrogens is 400 g/mol. The molecule has 156 valence electrons. The van der Waals surface area contributed by atoms with Crippen molar-refractivity contribution in [1.29, 1.82) is 0 Å². The molecule has 0 bridgehead atoms. The van der Waals surface area contributed by atoms with Crippen molar-refractivity contribution in [3.8, 4) is 5.75 Å². The van der Waals surface area contributed by atoms with E-state index in [0.717, 1.165) is 10.9 Å². The maximum Gasteiger partial charge on any atom is 0.251 e. The second kappa shape index (κ2) is 11.1. The van der Waals surface area contributed by atoms with Gasteiger partial charge < -0.3 is 19.9 Å². The van der Waals surface area contributed by atoms with Crippen molar-refractivity contribution < 1.29 is 14.3 Å². The van der Waals surface area contributed by atoms with Crippen LogP contribution in [0.4, 0.5) is 5.69 Å². The van der Waals surface area contributed by atoms with Crippen molar-refractivity contribution in [1.82, 2.24) is 14.9 Å². The first-order valence-corrected chi connectivity index (χ1v) is 10.6. The van der Waals surface area contributed by atoms with E-state index >= 15 is 0 Å². The van der Waals surface area contributed by atoms with E-state index in [2.05, 4.69) is 15.6 Å². The molecule has 0 fully saturated rings. The first-order valence-electron chi connectivity index (χ1n) is 9.58. The summed E-state index contributed by atoms with van der Waals surface area (Å²) in [6.07, 6.45) is 4.24. The number of hydrogen-bond donors (Lipinski definition) is 2. The molecule has 7 nitrogen and oxygen atoms in total. The molecule has 0 saturated carbocycles. The Balaban J connectivity index is 1.36. The van der Waals surface area contributed by atoms with Gasteiger partial charge in [-0.05, 0) is 42.8 Å². The molecule has 3 aromatic rings. The number of carbonyl (C=O) groups excluding carboxylic acids is 2. The fourth-order valence-electron chi connectivity index (χ4n) is 2.61. The SMILES string of the molecule is Cn1ccnc1SCC(=O)Nc1ccc(C(=O)NCCCOc2ccccc2)cc1. The summed E-state index contributed by atoms with van der Waals surface area (Å²) in [7, 11) is 1.88. The van der Waals surface area contributed by atoms with E-state index in [4.69, 9.17) is 4.74 Å². The van der Waals surface area contributed by atoms with Gasteiger partial charge in [0.2, 0.25) is 5.91 Å². The molecule has 0 radical (unpaired) electrons. The van der Waals surface area contributed by atoms with Crippen LogP contribution < -0.4 is 15.4 Å². The van der Waals surface area contributed by atoms with Crippen LogP contribution in [0, 0.1) is 0 Å². The van der Waals surface area contributed by atoms with Gasteiger partial charge in [-0.2, -0.15) is 0 Å². The lowest BCUT2D eigenvalue weighted by atomic mass is 10.2. The van der Waals surface area contributed by atoms with Gasteiger partial charge in [0.25, 0.3) is 5.91 Å². The van der Waals surface area contributed by atoms with Gasteiger partial charge in [-0.15, -0.1) is 0 Å². The highest BCUT2D eigenvalue weighted by atomic mass is 32.2. The van der Waals surface area contributed by atoms with Crippen molar-refractivity contribution in [2.75, 3.05) is 24.2 Å². The second-order valence-electron chi connectivity index (χ2n) is 6.51. The number of amides is 2. The maximum atomic E-state index is 12.2. The average Bonchev–Trinajstić information content (AvgIpc) is 3.18. The van der Waals surface area contributed by atoms with Gasteiger partial charge in [0.1, 0.15) is 5.75 Å². The highest BCUT2D eigenvalue weighted by Crippen LogP contribution is 2.16. The lowest BCUT2D eigenvalue weighted by Crippen LogP contribution is -2.25. The lowest BCUT2D eigenvalue weighted by molar-refractivity contribution is -0.113. The van der Waals surface area contributed by atoms with E-state index in [1.54, 1.807) is 30.5 Å². The number of nitrogens with zero attached hydrogens (tertiary/aromatic N) is 2. The number of para-hydroxylation sites is 1. The number of nitrogens with one attached hydrogen (secondary N) is 2. The summed E-state index contributed by atoms with van der Waals surface area (Å²) < 4.78 is 7.46. The van der Waals surface area contributed by atoms with E-state index in [-0.39, 0.29) is 17.6 Å². The Hall–Kier alpha value is -3.26. The summed E-state index contributed by atoms with van der Waals surface area (Å²) in [5.41, 5.74) is 1.19. The van der Waals surface area contributed by atoms with Crippen LogP contribution in [0.2, 0.25) is 0 Å². The number of aromatic nitrogens is 2. The van der Waals surface area contributed by atoms with Crippen molar-refractivity contribution in [2.24, 2.45) is 7.05 Å². The van der Waals surface area contributed by atoms with E-state index in [0.29, 0.717) is 30.8 Å². The molecule has 1 aromatic heterocycles. The fourth-order valence-corrected chi connectivity index (χ4v) is 3.34. The summed E-state index contributed by atoms with van der Waals surface area (Å²) in [5.74, 6) is 0.800. The van der Waals surface area contributed by atoms with Crippen LogP contribution in [0.5, 0.6) is 5.75 Å². The zero-order valence-electron chi connectivity index (χ0n) is 16.7. The average molecular weight is 425 g/mol. The van der Waals surface area contributed by atoms with E-state index < -0.39 is 0 Å². The quantitative estimate of drug-likeness (QED) is 0.385. The normalized spacial score (nSPS) is 10.4. The Morgan fingerprint density at radius 3 is 2.57 bits per heavy atom. The molecule has 0 atom stereocenters. The van der Waals surface area contributed by atoms with E-state index in [1.165, 1.54) is 11.8 Å². The summed E-state index contributed by atoms with van der Waals surface area (Å²) in [6.45, 7) is 1.06. The van der Waals surface area contributed by atoms with Crippen molar-refractivity contribution in [3.63, 3.8) is 0 Å². The molecule has 1 heterocycles. The first kappa shape index (κ1) is 21.4. The van der Waals surface area contributed by atoms with Crippen molar-refractivity contribution in [2.45, 2.75) is 11.6 Å². The molecule has 2 aromatic carbocycles. The third-order valence-corrected chi connectivity index (χ3v) is 5.22.